The van der Waals surface area contributed by atoms with E-state index in [4.69, 9.17) is 0 Å². The van der Waals surface area contributed by atoms with E-state index in [0.29, 0.717) is 11.8 Å². The lowest BCUT2D eigenvalue weighted by atomic mass is 9.88. The fourth-order valence-electron chi connectivity index (χ4n) is 2.11. The lowest BCUT2D eigenvalue weighted by molar-refractivity contribution is 0.825. The molecular formula is C16H28. The highest BCUT2D eigenvalue weighted by Crippen LogP contribution is 2.27. The van der Waals surface area contributed by atoms with Crippen LogP contribution in [0.15, 0.2) is 12.1 Å². The van der Waals surface area contributed by atoms with Gasteiger partial charge in [0.1, 0.15) is 0 Å². The summed E-state index contributed by atoms with van der Waals surface area (Å²) in [6.45, 7) is 17.5. The average molecular weight is 220 g/mol. The molecule has 0 aliphatic rings. The molecule has 0 aliphatic heterocycles. The van der Waals surface area contributed by atoms with Gasteiger partial charge in [0.15, 0.2) is 0 Å². The number of hydrogen-bond donors (Lipinski definition) is 0. The topological polar surface area (TPSA) is 0 Å². The van der Waals surface area contributed by atoms with Gasteiger partial charge < -0.3 is 0 Å². The zero-order valence-corrected chi connectivity index (χ0v) is 12.3. The van der Waals surface area contributed by atoms with Crippen LogP contribution in [0.25, 0.3) is 0 Å². The van der Waals surface area contributed by atoms with Crippen molar-refractivity contribution in [1.82, 2.24) is 0 Å². The molecule has 0 N–H and O–H groups in total. The number of benzene rings is 1. The van der Waals surface area contributed by atoms with E-state index < -0.39 is 0 Å². The van der Waals surface area contributed by atoms with Crippen LogP contribution in [0.4, 0.5) is 0 Å². The quantitative estimate of drug-likeness (QED) is 0.610. The molecule has 0 amide bonds. The Balaban J connectivity index is 0.00000106. The predicted octanol–water partition coefficient (Wildman–Crippen LogP) is 5.58. The third-order valence-electron chi connectivity index (χ3n) is 3.11. The van der Waals surface area contributed by atoms with E-state index in [1.807, 2.05) is 13.8 Å². The zero-order valence-electron chi connectivity index (χ0n) is 12.3. The molecule has 0 unspecified atom stereocenters. The molecule has 0 bridgehead atoms. The van der Waals surface area contributed by atoms with E-state index in [0.717, 1.165) is 0 Å². The minimum atomic E-state index is 0.634. The maximum Gasteiger partial charge on any atom is -0.0216 e. The van der Waals surface area contributed by atoms with Crippen molar-refractivity contribution in [3.8, 4) is 0 Å². The molecule has 0 aromatic heterocycles. The Kier molecular flexibility index (Phi) is 6.40. The van der Waals surface area contributed by atoms with Crippen molar-refractivity contribution in [1.29, 1.82) is 0 Å². The summed E-state index contributed by atoms with van der Waals surface area (Å²) >= 11 is 0. The monoisotopic (exact) mass is 220 g/mol. The third kappa shape index (κ3) is 3.37. The zero-order chi connectivity index (χ0) is 12.9. The second-order valence-corrected chi connectivity index (χ2v) is 4.80. The van der Waals surface area contributed by atoms with Crippen molar-refractivity contribution < 1.29 is 0 Å². The fourth-order valence-corrected chi connectivity index (χ4v) is 2.11. The molecule has 0 fully saturated rings. The van der Waals surface area contributed by atoms with Crippen LogP contribution in [-0.2, 0) is 0 Å². The maximum absolute atomic E-state index is 2.29. The highest BCUT2D eigenvalue weighted by molar-refractivity contribution is 5.42. The van der Waals surface area contributed by atoms with Crippen LogP contribution in [0.2, 0.25) is 0 Å². The van der Waals surface area contributed by atoms with Gasteiger partial charge in [-0.1, -0.05) is 53.7 Å². The van der Waals surface area contributed by atoms with Crippen molar-refractivity contribution in [2.24, 2.45) is 0 Å². The predicted molar refractivity (Wildman–Crippen MR) is 75.4 cm³/mol. The van der Waals surface area contributed by atoms with E-state index in [-0.39, 0.29) is 0 Å². The van der Waals surface area contributed by atoms with Crippen molar-refractivity contribution in [3.63, 3.8) is 0 Å². The average Bonchev–Trinajstić information content (AvgIpc) is 2.23. The Morgan fingerprint density at radius 3 is 1.12 bits per heavy atom. The smallest absolute Gasteiger partial charge is 0.0216 e. The Morgan fingerprint density at radius 2 is 0.938 bits per heavy atom. The summed E-state index contributed by atoms with van der Waals surface area (Å²) in [6, 6.07) is 4.59. The van der Waals surface area contributed by atoms with Crippen LogP contribution in [0.1, 0.15) is 75.6 Å². The molecular weight excluding hydrogens is 192 g/mol. The molecule has 0 saturated carbocycles. The minimum Gasteiger partial charge on any atom is -0.0683 e. The van der Waals surface area contributed by atoms with E-state index in [2.05, 4.69) is 53.7 Å². The van der Waals surface area contributed by atoms with Gasteiger partial charge in [0.2, 0.25) is 0 Å². The Morgan fingerprint density at radius 1 is 0.688 bits per heavy atom. The van der Waals surface area contributed by atoms with Gasteiger partial charge in [-0.25, -0.2) is 0 Å². The first kappa shape index (κ1) is 15.2. The van der Waals surface area contributed by atoms with E-state index >= 15 is 0 Å². The van der Waals surface area contributed by atoms with Crippen molar-refractivity contribution >= 4 is 0 Å². The molecule has 0 heterocycles. The second kappa shape index (κ2) is 6.73. The molecule has 0 atom stereocenters. The summed E-state index contributed by atoms with van der Waals surface area (Å²) in [5, 5.41) is 0. The van der Waals surface area contributed by atoms with Crippen molar-refractivity contribution in [2.75, 3.05) is 0 Å². The van der Waals surface area contributed by atoms with E-state index in [1.54, 1.807) is 0 Å². The standard InChI is InChI=1S/C14H22.C2H6/c1-9(2)13-7-8-14(10(3)4)12(6)11(13)5;1-2/h7-10H,1-6H3;1-2H3. The van der Waals surface area contributed by atoms with Gasteiger partial charge in [0.25, 0.3) is 0 Å². The molecule has 0 saturated heterocycles. The summed E-state index contributed by atoms with van der Waals surface area (Å²) in [4.78, 5) is 0. The summed E-state index contributed by atoms with van der Waals surface area (Å²) in [5.74, 6) is 1.27. The Bertz CT molecular complexity index is 286. The highest BCUT2D eigenvalue weighted by Gasteiger charge is 2.10. The molecule has 1 rings (SSSR count). The van der Waals surface area contributed by atoms with Crippen LogP contribution >= 0.6 is 0 Å². The van der Waals surface area contributed by atoms with Crippen LogP contribution in [0, 0.1) is 13.8 Å². The summed E-state index contributed by atoms with van der Waals surface area (Å²) in [6.07, 6.45) is 0. The van der Waals surface area contributed by atoms with Crippen molar-refractivity contribution in [2.45, 2.75) is 67.2 Å². The summed E-state index contributed by atoms with van der Waals surface area (Å²) < 4.78 is 0. The molecule has 0 radical (unpaired) electrons. The molecule has 0 aliphatic carbocycles. The maximum atomic E-state index is 2.29. The van der Waals surface area contributed by atoms with Crippen LogP contribution in [0.3, 0.4) is 0 Å². The fraction of sp³-hybridized carbons (Fsp3) is 0.625. The largest absolute Gasteiger partial charge is 0.0683 e. The third-order valence-corrected chi connectivity index (χ3v) is 3.11. The molecule has 0 spiro atoms. The first-order valence-electron chi connectivity index (χ1n) is 6.55. The second-order valence-electron chi connectivity index (χ2n) is 4.80. The van der Waals surface area contributed by atoms with Gasteiger partial charge in [0.05, 0.1) is 0 Å². The first-order valence-corrected chi connectivity index (χ1v) is 6.55. The summed E-state index contributed by atoms with van der Waals surface area (Å²) in [7, 11) is 0. The molecule has 16 heavy (non-hydrogen) atoms. The summed E-state index contributed by atoms with van der Waals surface area (Å²) in [5.41, 5.74) is 5.94. The van der Waals surface area contributed by atoms with E-state index in [1.165, 1.54) is 22.3 Å². The molecule has 1 aromatic carbocycles. The molecule has 92 valence electrons. The SMILES string of the molecule is CC.Cc1c(C(C)C)ccc(C(C)C)c1C. The van der Waals surface area contributed by atoms with Crippen LogP contribution < -0.4 is 0 Å². The lowest BCUT2D eigenvalue weighted by Crippen LogP contribution is -2.00. The van der Waals surface area contributed by atoms with Crippen LogP contribution in [-0.4, -0.2) is 0 Å². The van der Waals surface area contributed by atoms with Crippen LogP contribution in [0.5, 0.6) is 0 Å². The Labute approximate surface area is 102 Å². The first-order chi connectivity index (χ1) is 7.45. The number of hydrogen-bond acceptors (Lipinski definition) is 0. The molecule has 0 heteroatoms. The van der Waals surface area contributed by atoms with E-state index in [9.17, 15) is 0 Å². The normalized spacial score (nSPS) is 10.4. The van der Waals surface area contributed by atoms with Gasteiger partial charge in [-0.3, -0.25) is 0 Å². The van der Waals surface area contributed by atoms with Gasteiger partial charge in [-0.2, -0.15) is 0 Å². The molecule has 0 nitrogen and oxygen atoms in total. The Hall–Kier alpha value is -0.780. The molecule has 1 aromatic rings. The minimum absolute atomic E-state index is 0.634. The van der Waals surface area contributed by atoms with Gasteiger partial charge in [-0.15, -0.1) is 0 Å². The van der Waals surface area contributed by atoms with Gasteiger partial charge in [-0.05, 0) is 47.9 Å². The van der Waals surface area contributed by atoms with Gasteiger partial charge >= 0.3 is 0 Å². The number of rotatable bonds is 2. The lowest BCUT2D eigenvalue weighted by Gasteiger charge is -2.17. The van der Waals surface area contributed by atoms with Crippen molar-refractivity contribution in [3.05, 3.63) is 34.4 Å². The highest BCUT2D eigenvalue weighted by atomic mass is 14.2. The van der Waals surface area contributed by atoms with Gasteiger partial charge in [0, 0.05) is 0 Å².